The van der Waals surface area contributed by atoms with Crippen LogP contribution in [0.5, 0.6) is 0 Å². The van der Waals surface area contributed by atoms with Crippen LogP contribution in [0.1, 0.15) is 24.8 Å². The molecule has 6 heteroatoms. The summed E-state index contributed by atoms with van der Waals surface area (Å²) < 4.78 is 5.96. The molecule has 2 aromatic carbocycles. The van der Waals surface area contributed by atoms with Crippen LogP contribution in [0.15, 0.2) is 51.7 Å². The van der Waals surface area contributed by atoms with Crippen molar-refractivity contribution in [1.82, 2.24) is 4.90 Å². The monoisotopic (exact) mass is 410 g/mol. The summed E-state index contributed by atoms with van der Waals surface area (Å²) in [6.07, 6.45) is 3.42. The van der Waals surface area contributed by atoms with Gasteiger partial charge >= 0.3 is 0 Å². The van der Waals surface area contributed by atoms with Crippen molar-refractivity contribution in [2.75, 3.05) is 25.0 Å². The average Bonchev–Trinajstić information content (AvgIpc) is 2.71. The maximum absolute atomic E-state index is 13.3. The number of nitrogens with one attached hydrogen (secondary N) is 1. The van der Waals surface area contributed by atoms with E-state index in [4.69, 9.17) is 16.0 Å². The molecule has 1 amide bonds. The summed E-state index contributed by atoms with van der Waals surface area (Å²) >= 11 is 6.09. The summed E-state index contributed by atoms with van der Waals surface area (Å²) in [7, 11) is 0. The quantitative estimate of drug-likeness (QED) is 0.668. The van der Waals surface area contributed by atoms with Gasteiger partial charge in [-0.05, 0) is 56.6 Å². The summed E-state index contributed by atoms with van der Waals surface area (Å²) in [5.41, 5.74) is 2.29. The van der Waals surface area contributed by atoms with Crippen LogP contribution >= 0.6 is 11.6 Å². The summed E-state index contributed by atoms with van der Waals surface area (Å²) in [6, 6.07) is 12.5. The average molecular weight is 411 g/mol. The summed E-state index contributed by atoms with van der Waals surface area (Å²) in [5, 5.41) is 3.69. The van der Waals surface area contributed by atoms with Gasteiger partial charge in [-0.15, -0.1) is 0 Å². The predicted molar refractivity (Wildman–Crippen MR) is 117 cm³/mol. The molecule has 3 aromatic rings. The first-order valence-corrected chi connectivity index (χ1v) is 10.2. The Morgan fingerprint density at radius 2 is 1.83 bits per heavy atom. The molecule has 0 bridgehead atoms. The second-order valence-corrected chi connectivity index (χ2v) is 7.96. The maximum Gasteiger partial charge on any atom is 0.240 e. The van der Waals surface area contributed by atoms with Gasteiger partial charge < -0.3 is 4.42 Å². The zero-order valence-corrected chi connectivity index (χ0v) is 17.1. The Hall–Kier alpha value is -2.63. The lowest BCUT2D eigenvalue weighted by atomic mass is 10.0. The first kappa shape index (κ1) is 19.7. The fraction of sp³-hybridized carbons (Fsp3) is 0.304. The van der Waals surface area contributed by atoms with Gasteiger partial charge in [0.25, 0.3) is 0 Å². The number of amides is 1. The SMILES string of the molecule is Cc1ccc(-c2c(NC(=O)CN3CCCCC3)oc3ccc(Cl)cc3c2=O)cc1. The van der Waals surface area contributed by atoms with E-state index >= 15 is 0 Å². The fourth-order valence-electron chi connectivity index (χ4n) is 3.72. The summed E-state index contributed by atoms with van der Waals surface area (Å²) in [5.74, 6) is -0.00703. The van der Waals surface area contributed by atoms with Gasteiger partial charge in [0.2, 0.25) is 17.2 Å². The lowest BCUT2D eigenvalue weighted by molar-refractivity contribution is -0.117. The van der Waals surface area contributed by atoms with E-state index in [0.29, 0.717) is 27.1 Å². The molecule has 1 N–H and O–H groups in total. The van der Waals surface area contributed by atoms with E-state index in [0.717, 1.165) is 31.5 Å². The van der Waals surface area contributed by atoms with Crippen molar-refractivity contribution in [3.05, 3.63) is 63.3 Å². The highest BCUT2D eigenvalue weighted by Crippen LogP contribution is 2.30. The number of benzene rings is 2. The number of carbonyl (C=O) groups is 1. The fourth-order valence-corrected chi connectivity index (χ4v) is 3.90. The lowest BCUT2D eigenvalue weighted by Crippen LogP contribution is -2.37. The van der Waals surface area contributed by atoms with Crippen LogP contribution < -0.4 is 10.7 Å². The van der Waals surface area contributed by atoms with E-state index in [2.05, 4.69) is 10.2 Å². The Morgan fingerprint density at radius 1 is 1.10 bits per heavy atom. The minimum absolute atomic E-state index is 0.177. The van der Waals surface area contributed by atoms with Crippen LogP contribution in [0.2, 0.25) is 5.02 Å². The van der Waals surface area contributed by atoms with Crippen molar-refractivity contribution < 1.29 is 9.21 Å². The molecule has 0 atom stereocenters. The molecule has 2 heterocycles. The topological polar surface area (TPSA) is 62.6 Å². The van der Waals surface area contributed by atoms with E-state index in [1.54, 1.807) is 18.2 Å². The Bertz CT molecular complexity index is 1100. The van der Waals surface area contributed by atoms with Gasteiger partial charge in [-0.1, -0.05) is 47.9 Å². The number of aryl methyl sites for hydroxylation is 1. The number of piperidine rings is 1. The zero-order chi connectivity index (χ0) is 20.4. The molecular formula is C23H23ClN2O3. The van der Waals surface area contributed by atoms with Crippen molar-refractivity contribution in [3.63, 3.8) is 0 Å². The molecule has 0 saturated carbocycles. The van der Waals surface area contributed by atoms with Gasteiger partial charge in [-0.2, -0.15) is 0 Å². The Kier molecular flexibility index (Phi) is 5.69. The molecule has 150 valence electrons. The molecule has 1 fully saturated rings. The zero-order valence-electron chi connectivity index (χ0n) is 16.3. The summed E-state index contributed by atoms with van der Waals surface area (Å²) in [6.45, 7) is 4.10. The maximum atomic E-state index is 13.3. The number of nitrogens with zero attached hydrogens (tertiary/aromatic N) is 1. The standard InChI is InChI=1S/C23H23ClN2O3/c1-15-5-7-16(8-6-15)21-22(28)18-13-17(24)9-10-19(18)29-23(21)25-20(27)14-26-11-3-2-4-12-26/h5-10,13H,2-4,11-12,14H2,1H3,(H,25,27). The third-order valence-corrected chi connectivity index (χ3v) is 5.50. The van der Waals surface area contributed by atoms with Crippen molar-refractivity contribution in [1.29, 1.82) is 0 Å². The van der Waals surface area contributed by atoms with Crippen molar-refractivity contribution >= 4 is 34.4 Å². The normalized spacial score (nSPS) is 14.8. The Morgan fingerprint density at radius 3 is 2.55 bits per heavy atom. The molecule has 5 nitrogen and oxygen atoms in total. The van der Waals surface area contributed by atoms with E-state index < -0.39 is 0 Å². The molecule has 4 rings (SSSR count). The first-order valence-electron chi connectivity index (χ1n) is 9.87. The van der Waals surface area contributed by atoms with E-state index in [1.807, 2.05) is 31.2 Å². The number of carbonyl (C=O) groups excluding carboxylic acids is 1. The molecule has 0 spiro atoms. The van der Waals surface area contributed by atoms with Gasteiger partial charge in [-0.3, -0.25) is 19.8 Å². The van der Waals surface area contributed by atoms with Crippen LogP contribution in [0.3, 0.4) is 0 Å². The molecule has 1 saturated heterocycles. The van der Waals surface area contributed by atoms with Gasteiger partial charge in [-0.25, -0.2) is 0 Å². The number of hydrogen-bond acceptors (Lipinski definition) is 4. The van der Waals surface area contributed by atoms with Crippen LogP contribution in [-0.2, 0) is 4.79 Å². The number of hydrogen-bond donors (Lipinski definition) is 1. The molecule has 0 aliphatic carbocycles. The van der Waals surface area contributed by atoms with Crippen molar-refractivity contribution in [2.45, 2.75) is 26.2 Å². The van der Waals surface area contributed by atoms with Gasteiger partial charge in [0.15, 0.2) is 0 Å². The van der Waals surface area contributed by atoms with E-state index in [9.17, 15) is 9.59 Å². The van der Waals surface area contributed by atoms with Gasteiger partial charge in [0, 0.05) is 5.02 Å². The molecule has 29 heavy (non-hydrogen) atoms. The molecule has 1 aliphatic heterocycles. The molecule has 1 aromatic heterocycles. The van der Waals surface area contributed by atoms with Crippen LogP contribution in [0, 0.1) is 6.92 Å². The third-order valence-electron chi connectivity index (χ3n) is 5.26. The highest BCUT2D eigenvalue weighted by molar-refractivity contribution is 6.31. The number of rotatable bonds is 4. The number of likely N-dealkylation sites (tertiary alicyclic amines) is 1. The summed E-state index contributed by atoms with van der Waals surface area (Å²) in [4.78, 5) is 28.1. The minimum Gasteiger partial charge on any atom is -0.439 e. The first-order chi connectivity index (χ1) is 14.0. The molecule has 0 radical (unpaired) electrons. The smallest absolute Gasteiger partial charge is 0.240 e. The largest absolute Gasteiger partial charge is 0.439 e. The van der Waals surface area contributed by atoms with Crippen LogP contribution in [0.4, 0.5) is 5.88 Å². The highest BCUT2D eigenvalue weighted by atomic mass is 35.5. The minimum atomic E-state index is -0.217. The second-order valence-electron chi connectivity index (χ2n) is 7.53. The van der Waals surface area contributed by atoms with E-state index in [1.165, 1.54) is 6.42 Å². The number of anilines is 1. The highest BCUT2D eigenvalue weighted by Gasteiger charge is 2.20. The Labute approximate surface area is 174 Å². The van der Waals surface area contributed by atoms with E-state index in [-0.39, 0.29) is 23.8 Å². The van der Waals surface area contributed by atoms with Crippen LogP contribution in [0.25, 0.3) is 22.1 Å². The third kappa shape index (κ3) is 4.36. The second kappa shape index (κ2) is 8.39. The number of fused-ring (bicyclic) bond motifs is 1. The molecule has 1 aliphatic rings. The lowest BCUT2D eigenvalue weighted by Gasteiger charge is -2.25. The molecular weight excluding hydrogens is 388 g/mol. The predicted octanol–water partition coefficient (Wildman–Crippen LogP) is 4.85. The molecule has 0 unspecified atom stereocenters. The van der Waals surface area contributed by atoms with Gasteiger partial charge in [0.05, 0.1) is 17.5 Å². The van der Waals surface area contributed by atoms with Crippen molar-refractivity contribution in [3.8, 4) is 11.1 Å². The van der Waals surface area contributed by atoms with Gasteiger partial charge in [0.1, 0.15) is 5.58 Å². The van der Waals surface area contributed by atoms with Crippen molar-refractivity contribution in [2.24, 2.45) is 0 Å². The van der Waals surface area contributed by atoms with Crippen LogP contribution in [-0.4, -0.2) is 30.4 Å². The number of halogens is 1. The Balaban J connectivity index is 1.75.